The van der Waals surface area contributed by atoms with E-state index in [1.54, 1.807) is 0 Å². The molecule has 0 unspecified atom stereocenters. The van der Waals surface area contributed by atoms with Crippen molar-refractivity contribution in [3.05, 3.63) is 65.2 Å². The van der Waals surface area contributed by atoms with Gasteiger partial charge in [0.05, 0.1) is 13.2 Å². The Balaban J connectivity index is 1.75. The van der Waals surface area contributed by atoms with Gasteiger partial charge in [-0.05, 0) is 62.6 Å². The van der Waals surface area contributed by atoms with Crippen LogP contribution in [0.3, 0.4) is 0 Å². The molecule has 0 aliphatic rings. The Morgan fingerprint density at radius 1 is 0.929 bits per heavy atom. The van der Waals surface area contributed by atoms with Crippen molar-refractivity contribution in [2.45, 2.75) is 46.1 Å². The number of carbonyl (C=O) groups is 2. The molecular weight excluding hydrogens is 354 g/mol. The summed E-state index contributed by atoms with van der Waals surface area (Å²) in [5, 5.41) is 2.88. The third-order valence-corrected chi connectivity index (χ3v) is 4.14. The van der Waals surface area contributed by atoms with Crippen molar-refractivity contribution in [3.63, 3.8) is 0 Å². The summed E-state index contributed by atoms with van der Waals surface area (Å²) in [6, 6.07) is 15.5. The van der Waals surface area contributed by atoms with Gasteiger partial charge in [0.25, 0.3) is 5.91 Å². The highest BCUT2D eigenvalue weighted by molar-refractivity contribution is 5.94. The van der Waals surface area contributed by atoms with Crippen LogP contribution in [0.2, 0.25) is 0 Å². The van der Waals surface area contributed by atoms with Crippen molar-refractivity contribution in [1.82, 2.24) is 5.32 Å². The SMILES string of the molecule is CCOC(=O)CCc1ccc(OCCc2ccc(C(=O)NC(C)C)cc2)cc1. The zero-order chi connectivity index (χ0) is 20.4. The van der Waals surface area contributed by atoms with Crippen molar-refractivity contribution in [1.29, 1.82) is 0 Å². The molecule has 0 radical (unpaired) electrons. The van der Waals surface area contributed by atoms with E-state index in [4.69, 9.17) is 9.47 Å². The molecule has 0 aliphatic carbocycles. The fourth-order valence-electron chi connectivity index (χ4n) is 2.69. The van der Waals surface area contributed by atoms with E-state index in [-0.39, 0.29) is 17.9 Å². The molecule has 5 nitrogen and oxygen atoms in total. The fourth-order valence-corrected chi connectivity index (χ4v) is 2.69. The Labute approximate surface area is 167 Å². The molecule has 0 bridgehead atoms. The molecule has 5 heteroatoms. The molecule has 0 heterocycles. The number of esters is 1. The van der Waals surface area contributed by atoms with Crippen molar-refractivity contribution in [2.75, 3.05) is 13.2 Å². The van der Waals surface area contributed by atoms with Crippen molar-refractivity contribution >= 4 is 11.9 Å². The van der Waals surface area contributed by atoms with Gasteiger partial charge in [-0.25, -0.2) is 0 Å². The smallest absolute Gasteiger partial charge is 0.306 e. The summed E-state index contributed by atoms with van der Waals surface area (Å²) in [5.41, 5.74) is 2.86. The second-order valence-electron chi connectivity index (χ2n) is 6.87. The Bertz CT molecular complexity index is 751. The molecule has 0 fully saturated rings. The maximum atomic E-state index is 11.9. The zero-order valence-corrected chi connectivity index (χ0v) is 16.9. The Morgan fingerprint density at radius 2 is 1.54 bits per heavy atom. The van der Waals surface area contributed by atoms with Crippen LogP contribution in [0.5, 0.6) is 5.75 Å². The fraction of sp³-hybridized carbons (Fsp3) is 0.391. The number of nitrogens with one attached hydrogen (secondary N) is 1. The zero-order valence-electron chi connectivity index (χ0n) is 16.9. The highest BCUT2D eigenvalue weighted by atomic mass is 16.5. The first-order valence-electron chi connectivity index (χ1n) is 9.75. The lowest BCUT2D eigenvalue weighted by Crippen LogP contribution is -2.29. The molecule has 0 spiro atoms. The highest BCUT2D eigenvalue weighted by Gasteiger charge is 2.07. The van der Waals surface area contributed by atoms with Crippen LogP contribution < -0.4 is 10.1 Å². The molecule has 0 saturated carbocycles. The van der Waals surface area contributed by atoms with E-state index in [1.807, 2.05) is 69.3 Å². The van der Waals surface area contributed by atoms with Gasteiger partial charge in [-0.3, -0.25) is 9.59 Å². The summed E-state index contributed by atoms with van der Waals surface area (Å²) in [4.78, 5) is 23.3. The van der Waals surface area contributed by atoms with Crippen molar-refractivity contribution < 1.29 is 19.1 Å². The van der Waals surface area contributed by atoms with Crippen LogP contribution in [0, 0.1) is 0 Å². The molecule has 1 N–H and O–H groups in total. The standard InChI is InChI=1S/C23H29NO4/c1-4-27-22(25)14-9-18-7-12-21(13-8-18)28-16-15-19-5-10-20(11-6-19)23(26)24-17(2)3/h5-8,10-13,17H,4,9,14-16H2,1-3H3,(H,24,26). The third kappa shape index (κ3) is 7.43. The van der Waals surface area contributed by atoms with E-state index >= 15 is 0 Å². The molecule has 0 saturated heterocycles. The lowest BCUT2D eigenvalue weighted by atomic mass is 10.1. The van der Waals surface area contributed by atoms with Crippen molar-refractivity contribution in [2.24, 2.45) is 0 Å². The topological polar surface area (TPSA) is 64.6 Å². The lowest BCUT2D eigenvalue weighted by molar-refractivity contribution is -0.143. The summed E-state index contributed by atoms with van der Waals surface area (Å²) in [6.45, 7) is 6.66. The Hall–Kier alpha value is -2.82. The van der Waals surface area contributed by atoms with Crippen LogP contribution >= 0.6 is 0 Å². The van der Waals surface area contributed by atoms with Crippen molar-refractivity contribution in [3.8, 4) is 5.75 Å². The van der Waals surface area contributed by atoms with Gasteiger partial charge in [-0.1, -0.05) is 24.3 Å². The molecule has 2 aromatic carbocycles. The molecule has 1 amide bonds. The summed E-state index contributed by atoms with van der Waals surface area (Å²) in [6.07, 6.45) is 1.81. The average molecular weight is 383 g/mol. The van der Waals surface area contributed by atoms with Crippen LogP contribution in [-0.4, -0.2) is 31.1 Å². The second kappa shape index (κ2) is 11.1. The van der Waals surface area contributed by atoms with Crippen LogP contribution in [0.15, 0.2) is 48.5 Å². The summed E-state index contributed by atoms with van der Waals surface area (Å²) >= 11 is 0. The molecule has 2 aromatic rings. The molecule has 2 rings (SSSR count). The molecule has 28 heavy (non-hydrogen) atoms. The quantitative estimate of drug-likeness (QED) is 0.631. The highest BCUT2D eigenvalue weighted by Crippen LogP contribution is 2.14. The third-order valence-electron chi connectivity index (χ3n) is 4.14. The van der Waals surface area contributed by atoms with Gasteiger partial charge in [-0.15, -0.1) is 0 Å². The number of aryl methyl sites for hydroxylation is 1. The van der Waals surface area contributed by atoms with Gasteiger partial charge in [0.2, 0.25) is 0 Å². The predicted molar refractivity (Wildman–Crippen MR) is 110 cm³/mol. The number of amides is 1. The minimum absolute atomic E-state index is 0.0548. The monoisotopic (exact) mass is 383 g/mol. The van der Waals surface area contributed by atoms with Crippen LogP contribution in [0.25, 0.3) is 0 Å². The van der Waals surface area contributed by atoms with Crippen LogP contribution in [-0.2, 0) is 22.4 Å². The van der Waals surface area contributed by atoms with E-state index in [9.17, 15) is 9.59 Å². The van der Waals surface area contributed by atoms with E-state index < -0.39 is 0 Å². The molecule has 0 atom stereocenters. The first-order chi connectivity index (χ1) is 13.5. The maximum absolute atomic E-state index is 11.9. The first-order valence-corrected chi connectivity index (χ1v) is 9.75. The largest absolute Gasteiger partial charge is 0.493 e. The van der Waals surface area contributed by atoms with Gasteiger partial charge in [0.15, 0.2) is 0 Å². The minimum Gasteiger partial charge on any atom is -0.493 e. The number of hydrogen-bond acceptors (Lipinski definition) is 4. The Kier molecular flexibility index (Phi) is 8.53. The van der Waals surface area contributed by atoms with Crippen LogP contribution in [0.1, 0.15) is 48.7 Å². The van der Waals surface area contributed by atoms with Gasteiger partial charge < -0.3 is 14.8 Å². The number of ether oxygens (including phenoxy) is 2. The normalized spacial score (nSPS) is 10.6. The lowest BCUT2D eigenvalue weighted by Gasteiger charge is -2.10. The average Bonchev–Trinajstić information content (AvgIpc) is 2.67. The predicted octanol–water partition coefficient (Wildman–Crippen LogP) is 3.94. The van der Waals surface area contributed by atoms with Crippen LogP contribution in [0.4, 0.5) is 0 Å². The molecule has 0 aromatic heterocycles. The van der Waals surface area contributed by atoms with E-state index in [0.29, 0.717) is 31.6 Å². The molecule has 150 valence electrons. The van der Waals surface area contributed by atoms with E-state index in [2.05, 4.69) is 5.32 Å². The minimum atomic E-state index is -0.171. The summed E-state index contributed by atoms with van der Waals surface area (Å²) in [5.74, 6) is 0.573. The van der Waals surface area contributed by atoms with Gasteiger partial charge in [-0.2, -0.15) is 0 Å². The van der Waals surface area contributed by atoms with E-state index in [0.717, 1.165) is 23.3 Å². The van der Waals surface area contributed by atoms with Gasteiger partial charge in [0, 0.05) is 24.4 Å². The van der Waals surface area contributed by atoms with Gasteiger partial charge in [0.1, 0.15) is 5.75 Å². The van der Waals surface area contributed by atoms with E-state index in [1.165, 1.54) is 0 Å². The first kappa shape index (κ1) is 21.5. The summed E-state index contributed by atoms with van der Waals surface area (Å²) in [7, 11) is 0. The van der Waals surface area contributed by atoms with Gasteiger partial charge >= 0.3 is 5.97 Å². The Morgan fingerprint density at radius 3 is 2.14 bits per heavy atom. The number of benzene rings is 2. The maximum Gasteiger partial charge on any atom is 0.306 e. The number of rotatable bonds is 10. The molecule has 0 aliphatic heterocycles. The number of hydrogen-bond donors (Lipinski definition) is 1. The molecular formula is C23H29NO4. The summed E-state index contributed by atoms with van der Waals surface area (Å²) < 4.78 is 10.7. The number of carbonyl (C=O) groups excluding carboxylic acids is 2. The second-order valence-corrected chi connectivity index (χ2v) is 6.87.